The summed E-state index contributed by atoms with van der Waals surface area (Å²) in [5.74, 6) is -0.841. The Labute approximate surface area is 201 Å². The molecule has 1 aliphatic heterocycles. The standard InChI is InChI=1S/C27H19Cl2NO3/c28-22-12-9-17(13-23(22)29)16-30-24-8-4-3-7-21(24)27(33,26(30)32)15-25(31)20-11-10-18-5-1-2-6-19(18)14-20/h1-14,33H,15-16H2/t27-/m1/s1. The summed E-state index contributed by atoms with van der Waals surface area (Å²) in [5, 5.41) is 14.3. The Morgan fingerprint density at radius 1 is 0.848 bits per heavy atom. The fraction of sp³-hybridized carbons (Fsp3) is 0.111. The first-order chi connectivity index (χ1) is 15.9. The largest absolute Gasteiger partial charge is 0.375 e. The first-order valence-electron chi connectivity index (χ1n) is 10.5. The van der Waals surface area contributed by atoms with Crippen LogP contribution in [-0.4, -0.2) is 16.8 Å². The number of nitrogens with zero attached hydrogens (tertiary/aromatic N) is 1. The monoisotopic (exact) mass is 475 g/mol. The first kappa shape index (κ1) is 21.7. The molecule has 6 heteroatoms. The number of aliphatic hydroxyl groups is 1. The van der Waals surface area contributed by atoms with Crippen molar-refractivity contribution >= 4 is 51.4 Å². The van der Waals surface area contributed by atoms with Crippen molar-refractivity contribution in [2.45, 2.75) is 18.6 Å². The van der Waals surface area contributed by atoms with E-state index >= 15 is 0 Å². The van der Waals surface area contributed by atoms with Crippen molar-refractivity contribution in [3.8, 4) is 0 Å². The molecule has 4 nitrogen and oxygen atoms in total. The van der Waals surface area contributed by atoms with Crippen LogP contribution in [0.1, 0.15) is 27.9 Å². The molecule has 0 bridgehead atoms. The van der Waals surface area contributed by atoms with Crippen molar-refractivity contribution in [1.29, 1.82) is 0 Å². The summed E-state index contributed by atoms with van der Waals surface area (Å²) in [6, 6.07) is 25.3. The number of fused-ring (bicyclic) bond motifs is 2. The van der Waals surface area contributed by atoms with Gasteiger partial charge in [-0.3, -0.25) is 9.59 Å². The molecule has 5 rings (SSSR count). The number of halogens is 2. The van der Waals surface area contributed by atoms with Crippen molar-refractivity contribution in [1.82, 2.24) is 0 Å². The van der Waals surface area contributed by atoms with Gasteiger partial charge in [-0.2, -0.15) is 0 Å². The Morgan fingerprint density at radius 2 is 1.58 bits per heavy atom. The van der Waals surface area contributed by atoms with Gasteiger partial charge in [0, 0.05) is 11.1 Å². The van der Waals surface area contributed by atoms with Crippen molar-refractivity contribution in [2.24, 2.45) is 0 Å². The lowest BCUT2D eigenvalue weighted by atomic mass is 9.88. The summed E-state index contributed by atoms with van der Waals surface area (Å²) in [6.07, 6.45) is -0.348. The molecule has 1 aliphatic rings. The van der Waals surface area contributed by atoms with E-state index in [9.17, 15) is 14.7 Å². The van der Waals surface area contributed by atoms with Gasteiger partial charge in [-0.25, -0.2) is 0 Å². The molecular formula is C27H19Cl2NO3. The molecule has 4 aromatic rings. The quantitative estimate of drug-likeness (QED) is 0.352. The Morgan fingerprint density at radius 3 is 2.36 bits per heavy atom. The molecule has 0 spiro atoms. The smallest absolute Gasteiger partial charge is 0.264 e. The Hall–Kier alpha value is -3.18. The summed E-state index contributed by atoms with van der Waals surface area (Å²) >= 11 is 12.2. The number of rotatable bonds is 5. The highest BCUT2D eigenvalue weighted by Gasteiger charge is 2.50. The van der Waals surface area contributed by atoms with E-state index in [0.717, 1.165) is 16.3 Å². The van der Waals surface area contributed by atoms with Gasteiger partial charge in [0.15, 0.2) is 11.4 Å². The number of Topliss-reactive ketones (excluding diaryl/α,β-unsaturated/α-hetero) is 1. The van der Waals surface area contributed by atoms with E-state index in [0.29, 0.717) is 26.9 Å². The van der Waals surface area contributed by atoms with Crippen molar-refractivity contribution in [2.75, 3.05) is 4.90 Å². The second kappa shape index (κ2) is 8.31. The molecule has 0 aromatic heterocycles. The van der Waals surface area contributed by atoms with E-state index in [2.05, 4.69) is 0 Å². The second-order valence-corrected chi connectivity index (χ2v) is 8.99. The van der Waals surface area contributed by atoms with Gasteiger partial charge in [0.25, 0.3) is 5.91 Å². The van der Waals surface area contributed by atoms with Crippen LogP contribution >= 0.6 is 23.2 Å². The number of ketones is 1. The summed E-state index contributed by atoms with van der Waals surface area (Å²) in [7, 11) is 0. The molecule has 1 amide bonds. The molecule has 1 heterocycles. The number of amides is 1. The van der Waals surface area contributed by atoms with Crippen LogP contribution in [0.4, 0.5) is 5.69 Å². The lowest BCUT2D eigenvalue weighted by Gasteiger charge is -2.23. The van der Waals surface area contributed by atoms with Crippen molar-refractivity contribution in [3.63, 3.8) is 0 Å². The molecule has 0 radical (unpaired) electrons. The van der Waals surface area contributed by atoms with Gasteiger partial charge in [-0.05, 0) is 40.6 Å². The minimum atomic E-state index is -1.95. The van der Waals surface area contributed by atoms with E-state index < -0.39 is 11.5 Å². The predicted octanol–water partition coefficient (Wildman–Crippen LogP) is 6.15. The zero-order chi connectivity index (χ0) is 23.2. The Bertz CT molecular complexity index is 1420. The topological polar surface area (TPSA) is 57.6 Å². The maximum absolute atomic E-state index is 13.5. The van der Waals surface area contributed by atoms with Crippen LogP contribution in [0.3, 0.4) is 0 Å². The van der Waals surface area contributed by atoms with Gasteiger partial charge in [-0.15, -0.1) is 0 Å². The Kier molecular flexibility index (Phi) is 5.45. The second-order valence-electron chi connectivity index (χ2n) is 8.18. The van der Waals surface area contributed by atoms with Crippen LogP contribution in [-0.2, 0) is 16.9 Å². The molecule has 4 aromatic carbocycles. The van der Waals surface area contributed by atoms with Crippen molar-refractivity contribution in [3.05, 3.63) is 112 Å². The average molecular weight is 476 g/mol. The third kappa shape index (κ3) is 3.80. The molecule has 0 fully saturated rings. The number of anilines is 1. The highest BCUT2D eigenvalue weighted by atomic mass is 35.5. The number of carbonyl (C=O) groups excluding carboxylic acids is 2. The highest BCUT2D eigenvalue weighted by Crippen LogP contribution is 2.43. The highest BCUT2D eigenvalue weighted by molar-refractivity contribution is 6.42. The zero-order valence-electron chi connectivity index (χ0n) is 17.5. The van der Waals surface area contributed by atoms with E-state index in [1.807, 2.05) is 30.3 Å². The maximum Gasteiger partial charge on any atom is 0.264 e. The molecule has 1 N–H and O–H groups in total. The van der Waals surface area contributed by atoms with Gasteiger partial charge in [0.1, 0.15) is 0 Å². The number of hydrogen-bond donors (Lipinski definition) is 1. The van der Waals surface area contributed by atoms with Gasteiger partial charge in [0.2, 0.25) is 0 Å². The van der Waals surface area contributed by atoms with Crippen molar-refractivity contribution < 1.29 is 14.7 Å². The van der Waals surface area contributed by atoms with Crippen LogP contribution in [0, 0.1) is 0 Å². The summed E-state index contributed by atoms with van der Waals surface area (Å²) in [5.41, 5.74) is 0.259. The predicted molar refractivity (Wildman–Crippen MR) is 131 cm³/mol. The molecule has 0 aliphatic carbocycles. The van der Waals surface area contributed by atoms with Crippen LogP contribution in [0.15, 0.2) is 84.9 Å². The lowest BCUT2D eigenvalue weighted by Crippen LogP contribution is -2.41. The Balaban J connectivity index is 1.48. The molecule has 33 heavy (non-hydrogen) atoms. The van der Waals surface area contributed by atoms with E-state index in [1.165, 1.54) is 4.90 Å². The van der Waals surface area contributed by atoms with Crippen LogP contribution in [0.25, 0.3) is 10.8 Å². The minimum Gasteiger partial charge on any atom is -0.375 e. The summed E-state index contributed by atoms with van der Waals surface area (Å²) in [6.45, 7) is 0.194. The van der Waals surface area contributed by atoms with Gasteiger partial charge >= 0.3 is 0 Å². The number of benzene rings is 4. The van der Waals surface area contributed by atoms with Gasteiger partial charge < -0.3 is 10.0 Å². The number of para-hydroxylation sites is 1. The van der Waals surface area contributed by atoms with Gasteiger partial charge in [-0.1, -0.05) is 83.9 Å². The first-order valence-corrected chi connectivity index (χ1v) is 11.2. The number of carbonyl (C=O) groups is 2. The molecule has 0 saturated carbocycles. The van der Waals surface area contributed by atoms with E-state index in [1.54, 1.807) is 54.6 Å². The van der Waals surface area contributed by atoms with Crippen LogP contribution in [0.5, 0.6) is 0 Å². The van der Waals surface area contributed by atoms with Crippen LogP contribution < -0.4 is 4.90 Å². The molecule has 0 unspecified atom stereocenters. The fourth-order valence-corrected chi connectivity index (χ4v) is 4.67. The summed E-state index contributed by atoms with van der Waals surface area (Å²) in [4.78, 5) is 28.2. The summed E-state index contributed by atoms with van der Waals surface area (Å²) < 4.78 is 0. The van der Waals surface area contributed by atoms with Crippen LogP contribution in [0.2, 0.25) is 10.0 Å². The van der Waals surface area contributed by atoms with Gasteiger partial charge in [0.05, 0.1) is 28.7 Å². The third-order valence-corrected chi connectivity index (χ3v) is 6.79. The fourth-order valence-electron chi connectivity index (χ4n) is 4.35. The normalized spacial score (nSPS) is 17.4. The maximum atomic E-state index is 13.5. The molecule has 0 saturated heterocycles. The number of hydrogen-bond acceptors (Lipinski definition) is 3. The molecular weight excluding hydrogens is 457 g/mol. The SMILES string of the molecule is O=C(C[C@]1(O)C(=O)N(Cc2ccc(Cl)c(Cl)c2)c2ccccc21)c1ccc2ccccc2c1. The third-order valence-electron chi connectivity index (χ3n) is 6.05. The zero-order valence-corrected chi connectivity index (χ0v) is 19.0. The molecule has 164 valence electrons. The minimum absolute atomic E-state index is 0.194. The average Bonchev–Trinajstić information content (AvgIpc) is 3.03. The molecule has 1 atom stereocenters. The lowest BCUT2D eigenvalue weighted by molar-refractivity contribution is -0.136. The van der Waals surface area contributed by atoms with E-state index in [-0.39, 0.29) is 18.7 Å². The van der Waals surface area contributed by atoms with E-state index in [4.69, 9.17) is 23.2 Å².